The Morgan fingerprint density at radius 3 is 2.48 bits per heavy atom. The molecule has 0 saturated carbocycles. The first-order chi connectivity index (χ1) is 12.3. The molecule has 0 atom stereocenters. The average Bonchev–Trinajstić information content (AvgIpc) is 2.98. The Labute approximate surface area is 177 Å². The molecule has 1 aromatic heterocycles. The van der Waals surface area contributed by atoms with Crippen LogP contribution >= 0.6 is 35.3 Å². The van der Waals surface area contributed by atoms with Crippen LogP contribution in [-0.4, -0.2) is 42.7 Å². The Kier molecular flexibility index (Phi) is 9.30. The lowest BCUT2D eigenvalue weighted by molar-refractivity contribution is -0.153. The van der Waals surface area contributed by atoms with E-state index in [1.807, 2.05) is 24.3 Å². The van der Waals surface area contributed by atoms with Gasteiger partial charge in [-0.2, -0.15) is 13.2 Å². The minimum Gasteiger partial charge on any atom is -0.484 e. The van der Waals surface area contributed by atoms with Crippen LogP contribution in [-0.2, 0) is 13.1 Å². The number of guanidine groups is 1. The molecule has 1 N–H and O–H groups in total. The molecule has 0 radical (unpaired) electrons. The van der Waals surface area contributed by atoms with Crippen LogP contribution < -0.4 is 10.1 Å². The summed E-state index contributed by atoms with van der Waals surface area (Å²) < 4.78 is 41.1. The number of aliphatic imine (C=N–C) groups is 1. The number of thiazole rings is 1. The van der Waals surface area contributed by atoms with Gasteiger partial charge < -0.3 is 15.0 Å². The molecule has 2 aromatic rings. The van der Waals surface area contributed by atoms with Gasteiger partial charge in [0, 0.05) is 26.0 Å². The fourth-order valence-electron chi connectivity index (χ4n) is 2.23. The monoisotopic (exact) mass is 514 g/mol. The number of aryl methyl sites for hydroxylation is 1. The standard InChI is InChI=1S/C17H21F3N4OS.HI/c1-12-23-14(10-26-12)9-24(3)16(21-2)22-8-13-4-6-15(7-5-13)25-11-17(18,19)20;/h4-7,10H,8-9,11H2,1-3H3,(H,21,22);1H. The number of halogens is 4. The number of alkyl halides is 3. The Hall–Kier alpha value is -1.56. The molecular formula is C17H22F3IN4OS. The van der Waals surface area contributed by atoms with Crippen molar-refractivity contribution in [1.29, 1.82) is 0 Å². The maximum Gasteiger partial charge on any atom is 0.422 e. The number of hydrogen-bond donors (Lipinski definition) is 1. The van der Waals surface area contributed by atoms with Crippen molar-refractivity contribution in [2.45, 2.75) is 26.2 Å². The molecule has 2 rings (SSSR count). The molecule has 0 fully saturated rings. The first-order valence-corrected chi connectivity index (χ1v) is 8.76. The van der Waals surface area contributed by atoms with Crippen LogP contribution in [0, 0.1) is 6.92 Å². The fraction of sp³-hybridized carbons (Fsp3) is 0.412. The third-order valence-corrected chi connectivity index (χ3v) is 4.24. The van der Waals surface area contributed by atoms with Gasteiger partial charge in [-0.25, -0.2) is 4.98 Å². The number of nitrogens with zero attached hydrogens (tertiary/aromatic N) is 3. The van der Waals surface area contributed by atoms with Crippen LogP contribution in [0.15, 0.2) is 34.6 Å². The van der Waals surface area contributed by atoms with Gasteiger partial charge in [-0.15, -0.1) is 35.3 Å². The minimum absolute atomic E-state index is 0. The second kappa shape index (κ2) is 10.7. The Bertz CT molecular complexity index is 735. The highest BCUT2D eigenvalue weighted by molar-refractivity contribution is 14.0. The number of aromatic nitrogens is 1. The van der Waals surface area contributed by atoms with Crippen LogP contribution in [0.1, 0.15) is 16.3 Å². The molecule has 0 aliphatic heterocycles. The molecule has 0 bridgehead atoms. The Morgan fingerprint density at radius 2 is 1.96 bits per heavy atom. The van der Waals surface area contributed by atoms with Crippen molar-refractivity contribution in [3.05, 3.63) is 45.9 Å². The molecule has 0 saturated heterocycles. The van der Waals surface area contributed by atoms with Crippen molar-refractivity contribution in [3.63, 3.8) is 0 Å². The Balaban J connectivity index is 0.00000364. The summed E-state index contributed by atoms with van der Waals surface area (Å²) in [6.07, 6.45) is -4.34. The van der Waals surface area contributed by atoms with Crippen LogP contribution in [0.3, 0.4) is 0 Å². The number of hydrogen-bond acceptors (Lipinski definition) is 4. The minimum atomic E-state index is -4.34. The van der Waals surface area contributed by atoms with Gasteiger partial charge in [0.2, 0.25) is 0 Å². The summed E-state index contributed by atoms with van der Waals surface area (Å²) in [4.78, 5) is 10.6. The number of nitrogens with one attached hydrogen (secondary N) is 1. The first kappa shape index (κ1) is 23.5. The van der Waals surface area contributed by atoms with Gasteiger partial charge in [0.25, 0.3) is 0 Å². The molecule has 27 heavy (non-hydrogen) atoms. The van der Waals surface area contributed by atoms with Gasteiger partial charge in [-0.1, -0.05) is 12.1 Å². The lowest BCUT2D eigenvalue weighted by Gasteiger charge is -2.21. The van der Waals surface area contributed by atoms with Gasteiger partial charge in [0.1, 0.15) is 5.75 Å². The molecule has 0 amide bonds. The molecule has 10 heteroatoms. The van der Waals surface area contributed by atoms with Crippen molar-refractivity contribution in [1.82, 2.24) is 15.2 Å². The molecule has 1 heterocycles. The predicted octanol–water partition coefficient (Wildman–Crippen LogP) is 4.22. The van der Waals surface area contributed by atoms with E-state index in [1.54, 1.807) is 30.5 Å². The van der Waals surface area contributed by atoms with E-state index in [0.717, 1.165) is 16.3 Å². The molecule has 0 aliphatic carbocycles. The van der Waals surface area contributed by atoms with E-state index in [2.05, 4.69) is 15.3 Å². The summed E-state index contributed by atoms with van der Waals surface area (Å²) >= 11 is 1.60. The molecule has 5 nitrogen and oxygen atoms in total. The summed E-state index contributed by atoms with van der Waals surface area (Å²) in [6.45, 7) is 1.79. The van der Waals surface area contributed by atoms with Gasteiger partial charge in [0.15, 0.2) is 12.6 Å². The molecule has 0 unspecified atom stereocenters. The zero-order valence-corrected chi connectivity index (χ0v) is 18.4. The largest absolute Gasteiger partial charge is 0.484 e. The van der Waals surface area contributed by atoms with Crippen LogP contribution in [0.5, 0.6) is 5.75 Å². The van der Waals surface area contributed by atoms with Gasteiger partial charge in [-0.05, 0) is 24.6 Å². The van der Waals surface area contributed by atoms with Crippen molar-refractivity contribution in [2.24, 2.45) is 4.99 Å². The maximum atomic E-state index is 12.1. The summed E-state index contributed by atoms with van der Waals surface area (Å²) in [7, 11) is 3.61. The smallest absolute Gasteiger partial charge is 0.422 e. The van der Waals surface area contributed by atoms with Crippen molar-refractivity contribution in [2.75, 3.05) is 20.7 Å². The zero-order chi connectivity index (χ0) is 19.2. The van der Waals surface area contributed by atoms with E-state index in [9.17, 15) is 13.2 Å². The van der Waals surface area contributed by atoms with E-state index in [-0.39, 0.29) is 29.7 Å². The molecule has 0 aliphatic rings. The van der Waals surface area contributed by atoms with Crippen LogP contribution in [0.2, 0.25) is 0 Å². The van der Waals surface area contributed by atoms with E-state index in [0.29, 0.717) is 19.0 Å². The lowest BCUT2D eigenvalue weighted by atomic mass is 10.2. The van der Waals surface area contributed by atoms with E-state index >= 15 is 0 Å². The molecule has 1 aromatic carbocycles. The van der Waals surface area contributed by atoms with Crippen molar-refractivity contribution < 1.29 is 17.9 Å². The maximum absolute atomic E-state index is 12.1. The third-order valence-electron chi connectivity index (χ3n) is 3.42. The quantitative estimate of drug-likeness (QED) is 0.357. The Morgan fingerprint density at radius 1 is 1.30 bits per heavy atom. The van der Waals surface area contributed by atoms with Crippen molar-refractivity contribution in [3.8, 4) is 5.75 Å². The van der Waals surface area contributed by atoms with Crippen molar-refractivity contribution >= 4 is 41.3 Å². The first-order valence-electron chi connectivity index (χ1n) is 7.88. The van der Waals surface area contributed by atoms with Gasteiger partial charge >= 0.3 is 6.18 Å². The highest BCUT2D eigenvalue weighted by Gasteiger charge is 2.28. The fourth-order valence-corrected chi connectivity index (χ4v) is 2.84. The zero-order valence-electron chi connectivity index (χ0n) is 15.2. The average molecular weight is 514 g/mol. The highest BCUT2D eigenvalue weighted by atomic mass is 127. The third kappa shape index (κ3) is 8.33. The summed E-state index contributed by atoms with van der Waals surface area (Å²) in [5.41, 5.74) is 1.88. The van der Waals surface area contributed by atoms with E-state index in [4.69, 9.17) is 4.74 Å². The molecule has 0 spiro atoms. The lowest BCUT2D eigenvalue weighted by Crippen LogP contribution is -2.38. The normalized spacial score (nSPS) is 11.7. The topological polar surface area (TPSA) is 49.8 Å². The van der Waals surface area contributed by atoms with Crippen LogP contribution in [0.25, 0.3) is 0 Å². The number of benzene rings is 1. The summed E-state index contributed by atoms with van der Waals surface area (Å²) in [6, 6.07) is 6.48. The van der Waals surface area contributed by atoms with Gasteiger partial charge in [0.05, 0.1) is 17.2 Å². The van der Waals surface area contributed by atoms with Crippen LogP contribution in [0.4, 0.5) is 13.2 Å². The molecular weight excluding hydrogens is 492 g/mol. The summed E-state index contributed by atoms with van der Waals surface area (Å²) in [5, 5.41) is 6.25. The second-order valence-electron chi connectivity index (χ2n) is 5.66. The second-order valence-corrected chi connectivity index (χ2v) is 6.72. The summed E-state index contributed by atoms with van der Waals surface area (Å²) in [5.74, 6) is 0.888. The SMILES string of the molecule is CN=C(NCc1ccc(OCC(F)(F)F)cc1)N(C)Cc1csc(C)n1.I. The van der Waals surface area contributed by atoms with E-state index in [1.165, 1.54) is 12.1 Å². The molecule has 150 valence electrons. The number of rotatable bonds is 6. The highest BCUT2D eigenvalue weighted by Crippen LogP contribution is 2.19. The van der Waals surface area contributed by atoms with Gasteiger partial charge in [-0.3, -0.25) is 4.99 Å². The van der Waals surface area contributed by atoms with E-state index < -0.39 is 12.8 Å². The predicted molar refractivity (Wildman–Crippen MR) is 112 cm³/mol. The number of ether oxygens (including phenoxy) is 1.